The summed E-state index contributed by atoms with van der Waals surface area (Å²) in [5, 5.41) is 11.1. The van der Waals surface area contributed by atoms with E-state index in [1.165, 1.54) is 38.3 Å². The van der Waals surface area contributed by atoms with E-state index in [9.17, 15) is 0 Å². The molecule has 1 aliphatic heterocycles. The predicted molar refractivity (Wildman–Crippen MR) is 129 cm³/mol. The number of aromatic nitrogens is 2. The number of hydrogen-bond acceptors (Lipinski definition) is 4. The van der Waals surface area contributed by atoms with Gasteiger partial charge < -0.3 is 20.4 Å². The summed E-state index contributed by atoms with van der Waals surface area (Å²) in [6.07, 6.45) is 4.72. The summed E-state index contributed by atoms with van der Waals surface area (Å²) in [4.78, 5) is 9.94. The zero-order chi connectivity index (χ0) is 21.9. The monoisotopic (exact) mass is 425 g/mol. The minimum Gasteiger partial charge on any atom is -0.357 e. The van der Waals surface area contributed by atoms with Crippen molar-refractivity contribution in [2.45, 2.75) is 27.2 Å². The van der Waals surface area contributed by atoms with Crippen LogP contribution in [0.2, 0.25) is 0 Å². The number of hydrogen-bond donors (Lipinski definition) is 2. The molecule has 0 amide bonds. The van der Waals surface area contributed by atoms with Gasteiger partial charge in [0.1, 0.15) is 0 Å². The highest BCUT2D eigenvalue weighted by molar-refractivity contribution is 5.79. The van der Waals surface area contributed by atoms with Crippen LogP contribution >= 0.6 is 0 Å². The Bertz CT molecular complexity index is 762. The van der Waals surface area contributed by atoms with Crippen molar-refractivity contribution in [1.29, 1.82) is 0 Å². The smallest absolute Gasteiger partial charge is 0.191 e. The van der Waals surface area contributed by atoms with Crippen LogP contribution in [-0.4, -0.2) is 84.4 Å². The maximum Gasteiger partial charge on any atom is 0.191 e. The third-order valence-corrected chi connectivity index (χ3v) is 5.80. The summed E-state index contributed by atoms with van der Waals surface area (Å²) in [7, 11) is 0. The molecule has 0 spiro atoms. The average Bonchev–Trinajstić information content (AvgIpc) is 3.33. The van der Waals surface area contributed by atoms with Crippen molar-refractivity contribution in [3.05, 3.63) is 48.3 Å². The van der Waals surface area contributed by atoms with Crippen LogP contribution in [0.25, 0.3) is 5.69 Å². The van der Waals surface area contributed by atoms with Crippen molar-refractivity contribution in [1.82, 2.24) is 30.2 Å². The van der Waals surface area contributed by atoms with Crippen LogP contribution in [0, 0.1) is 5.92 Å². The lowest BCUT2D eigenvalue weighted by Gasteiger charge is -2.35. The second-order valence-electron chi connectivity index (χ2n) is 8.35. The third-order valence-electron chi connectivity index (χ3n) is 5.80. The van der Waals surface area contributed by atoms with E-state index in [0.29, 0.717) is 5.92 Å². The van der Waals surface area contributed by atoms with Crippen LogP contribution < -0.4 is 10.6 Å². The highest BCUT2D eigenvalue weighted by Gasteiger charge is 2.17. The fraction of sp³-hybridized carbons (Fsp3) is 0.583. The summed E-state index contributed by atoms with van der Waals surface area (Å²) >= 11 is 0. The molecule has 170 valence electrons. The van der Waals surface area contributed by atoms with Gasteiger partial charge in [-0.25, -0.2) is 4.68 Å². The normalized spacial score (nSPS) is 16.9. The summed E-state index contributed by atoms with van der Waals surface area (Å²) < 4.78 is 1.88. The lowest BCUT2D eigenvalue weighted by Crippen LogP contribution is -2.47. The Kier molecular flexibility index (Phi) is 9.37. The highest BCUT2D eigenvalue weighted by atomic mass is 15.3. The van der Waals surface area contributed by atoms with E-state index in [4.69, 9.17) is 4.99 Å². The number of aliphatic imine (C=N–C) groups is 1. The van der Waals surface area contributed by atoms with Crippen molar-refractivity contribution >= 4 is 5.96 Å². The molecule has 7 heteroatoms. The minimum absolute atomic E-state index is 0.554. The first-order valence-electron chi connectivity index (χ1n) is 11.7. The number of guanidine groups is 1. The Morgan fingerprint density at radius 2 is 1.81 bits per heavy atom. The zero-order valence-corrected chi connectivity index (χ0v) is 19.4. The van der Waals surface area contributed by atoms with Gasteiger partial charge in [0, 0.05) is 64.8 Å². The van der Waals surface area contributed by atoms with Crippen molar-refractivity contribution in [3.8, 4) is 5.69 Å². The molecule has 1 saturated heterocycles. The van der Waals surface area contributed by atoms with Gasteiger partial charge in [-0.1, -0.05) is 26.0 Å². The fourth-order valence-corrected chi connectivity index (χ4v) is 3.94. The van der Waals surface area contributed by atoms with Gasteiger partial charge in [-0.2, -0.15) is 5.10 Å². The molecule has 1 aromatic carbocycles. The lowest BCUT2D eigenvalue weighted by atomic mass is 10.1. The first-order valence-corrected chi connectivity index (χ1v) is 11.7. The summed E-state index contributed by atoms with van der Waals surface area (Å²) in [5.74, 6) is 1.47. The SMILES string of the molecule is CCNC(=NCC(C)CN1CCN(CC)CC1)NCCc1ccc(-n2cccn2)cc1. The molecule has 0 radical (unpaired) electrons. The van der Waals surface area contributed by atoms with E-state index in [2.05, 4.69) is 70.6 Å². The first-order chi connectivity index (χ1) is 15.2. The molecule has 1 atom stereocenters. The van der Waals surface area contributed by atoms with Crippen molar-refractivity contribution in [3.63, 3.8) is 0 Å². The molecular weight excluding hydrogens is 386 g/mol. The second kappa shape index (κ2) is 12.5. The van der Waals surface area contributed by atoms with Crippen LogP contribution in [-0.2, 0) is 6.42 Å². The Hall–Kier alpha value is -2.38. The number of nitrogens with zero attached hydrogens (tertiary/aromatic N) is 5. The van der Waals surface area contributed by atoms with Gasteiger partial charge in [0.05, 0.1) is 5.69 Å². The van der Waals surface area contributed by atoms with Crippen molar-refractivity contribution in [2.75, 3.05) is 58.9 Å². The Labute approximate surface area is 187 Å². The zero-order valence-electron chi connectivity index (χ0n) is 19.4. The highest BCUT2D eigenvalue weighted by Crippen LogP contribution is 2.09. The number of nitrogens with one attached hydrogen (secondary N) is 2. The van der Waals surface area contributed by atoms with Gasteiger partial charge in [-0.3, -0.25) is 4.99 Å². The molecule has 31 heavy (non-hydrogen) atoms. The summed E-state index contributed by atoms with van der Waals surface area (Å²) in [6, 6.07) is 10.5. The standard InChI is InChI=1S/C24H39N7/c1-4-25-24(27-19-21(3)20-30-17-15-29(5-2)16-18-30)26-13-11-22-7-9-23(10-8-22)31-14-6-12-28-31/h6-10,12,14,21H,4-5,11,13,15-20H2,1-3H3,(H2,25,26,27). The van der Waals surface area contributed by atoms with Crippen LogP contribution in [0.1, 0.15) is 26.3 Å². The molecular formula is C24H39N7. The topological polar surface area (TPSA) is 60.7 Å². The molecule has 2 aromatic rings. The molecule has 0 aliphatic carbocycles. The fourth-order valence-electron chi connectivity index (χ4n) is 3.94. The van der Waals surface area contributed by atoms with Crippen molar-refractivity contribution in [2.24, 2.45) is 10.9 Å². The number of rotatable bonds is 10. The maximum atomic E-state index is 4.83. The average molecular weight is 426 g/mol. The summed E-state index contributed by atoms with van der Waals surface area (Å²) in [5.41, 5.74) is 2.39. The molecule has 3 rings (SSSR count). The predicted octanol–water partition coefficient (Wildman–Crippen LogP) is 2.24. The van der Waals surface area contributed by atoms with Crippen molar-refractivity contribution < 1.29 is 0 Å². The van der Waals surface area contributed by atoms with E-state index < -0.39 is 0 Å². The lowest BCUT2D eigenvalue weighted by molar-refractivity contribution is 0.125. The molecule has 0 saturated carbocycles. The molecule has 7 nitrogen and oxygen atoms in total. The number of likely N-dealkylation sites (N-methyl/N-ethyl adjacent to an activating group) is 1. The van der Waals surface area contributed by atoms with Crippen LogP contribution in [0.15, 0.2) is 47.7 Å². The molecule has 1 fully saturated rings. The van der Waals surface area contributed by atoms with E-state index in [1.54, 1.807) is 6.20 Å². The van der Waals surface area contributed by atoms with Gasteiger partial charge in [-0.05, 0) is 49.6 Å². The summed E-state index contributed by atoms with van der Waals surface area (Å²) in [6.45, 7) is 16.3. The minimum atomic E-state index is 0.554. The van der Waals surface area contributed by atoms with E-state index in [1.807, 2.05) is 16.9 Å². The molecule has 2 heterocycles. The molecule has 2 N–H and O–H groups in total. The van der Waals surface area contributed by atoms with Gasteiger partial charge in [0.25, 0.3) is 0 Å². The molecule has 1 unspecified atom stereocenters. The van der Waals surface area contributed by atoms with E-state index in [-0.39, 0.29) is 0 Å². The van der Waals surface area contributed by atoms with Crippen LogP contribution in [0.3, 0.4) is 0 Å². The quantitative estimate of drug-likeness (QED) is 0.452. The second-order valence-corrected chi connectivity index (χ2v) is 8.35. The van der Waals surface area contributed by atoms with E-state index >= 15 is 0 Å². The van der Waals surface area contributed by atoms with Crippen LogP contribution in [0.4, 0.5) is 0 Å². The maximum absolute atomic E-state index is 4.83. The first kappa shape index (κ1) is 23.3. The number of benzene rings is 1. The Morgan fingerprint density at radius 1 is 1.06 bits per heavy atom. The number of piperazine rings is 1. The largest absolute Gasteiger partial charge is 0.357 e. The van der Waals surface area contributed by atoms with Gasteiger partial charge in [0.15, 0.2) is 5.96 Å². The molecule has 1 aromatic heterocycles. The Morgan fingerprint density at radius 3 is 2.45 bits per heavy atom. The molecule has 0 bridgehead atoms. The Balaban J connectivity index is 1.41. The molecule has 1 aliphatic rings. The van der Waals surface area contributed by atoms with Gasteiger partial charge >= 0.3 is 0 Å². The van der Waals surface area contributed by atoms with Gasteiger partial charge in [-0.15, -0.1) is 0 Å². The van der Waals surface area contributed by atoms with E-state index in [0.717, 1.165) is 44.2 Å². The van der Waals surface area contributed by atoms with Crippen LogP contribution in [0.5, 0.6) is 0 Å². The third kappa shape index (κ3) is 7.67. The van der Waals surface area contributed by atoms with Gasteiger partial charge in [0.2, 0.25) is 0 Å².